The van der Waals surface area contributed by atoms with Crippen molar-refractivity contribution < 1.29 is 0 Å². The average molecular weight is 300 g/mol. The monoisotopic (exact) mass is 300 g/mol. The van der Waals surface area contributed by atoms with Crippen LogP contribution >= 0.6 is 23.1 Å². The van der Waals surface area contributed by atoms with E-state index in [4.69, 9.17) is 0 Å². The highest BCUT2D eigenvalue weighted by Crippen LogP contribution is 2.20. The van der Waals surface area contributed by atoms with Crippen LogP contribution in [0, 0.1) is 5.92 Å². The molecule has 0 radical (unpaired) electrons. The molecule has 4 nitrogen and oxygen atoms in total. The Kier molecular flexibility index (Phi) is 8.66. The summed E-state index contributed by atoms with van der Waals surface area (Å²) in [5, 5.41) is 8.67. The molecule has 0 aliphatic carbocycles. The molecule has 0 atom stereocenters. The maximum Gasteiger partial charge on any atom is 0.190 e. The molecule has 2 N–H and O–H groups in total. The summed E-state index contributed by atoms with van der Waals surface area (Å²) in [7, 11) is 1.81. The molecule has 1 aromatic rings. The Hall–Kier alpha value is -0.750. The summed E-state index contributed by atoms with van der Waals surface area (Å²) in [6.45, 7) is 6.38. The van der Waals surface area contributed by atoms with E-state index in [-0.39, 0.29) is 0 Å². The van der Waals surface area contributed by atoms with Crippen molar-refractivity contribution in [1.82, 2.24) is 15.6 Å². The number of hydrogen-bond donors (Lipinski definition) is 2. The van der Waals surface area contributed by atoms with E-state index in [0.29, 0.717) is 0 Å². The molecule has 0 aromatic carbocycles. The van der Waals surface area contributed by atoms with Crippen LogP contribution in [0.1, 0.15) is 26.7 Å². The van der Waals surface area contributed by atoms with Crippen LogP contribution < -0.4 is 10.6 Å². The van der Waals surface area contributed by atoms with E-state index in [0.717, 1.165) is 41.5 Å². The van der Waals surface area contributed by atoms with Gasteiger partial charge in [-0.1, -0.05) is 25.6 Å². The maximum absolute atomic E-state index is 4.25. The quantitative estimate of drug-likeness (QED) is 0.335. The van der Waals surface area contributed by atoms with Gasteiger partial charge in [0.1, 0.15) is 4.34 Å². The Morgan fingerprint density at radius 3 is 2.84 bits per heavy atom. The van der Waals surface area contributed by atoms with Gasteiger partial charge in [0.25, 0.3) is 0 Å². The molecule has 0 saturated carbocycles. The first-order valence-electron chi connectivity index (χ1n) is 6.69. The summed E-state index contributed by atoms with van der Waals surface area (Å²) < 4.78 is 1.15. The molecule has 19 heavy (non-hydrogen) atoms. The van der Waals surface area contributed by atoms with Crippen molar-refractivity contribution in [3.8, 4) is 0 Å². The van der Waals surface area contributed by atoms with Gasteiger partial charge >= 0.3 is 0 Å². The Bertz CT molecular complexity index is 350. The minimum atomic E-state index is 0.723. The van der Waals surface area contributed by atoms with E-state index in [9.17, 15) is 0 Å². The fourth-order valence-electron chi connectivity index (χ4n) is 1.42. The first kappa shape index (κ1) is 16.3. The van der Waals surface area contributed by atoms with Crippen LogP contribution in [0.5, 0.6) is 0 Å². The van der Waals surface area contributed by atoms with Gasteiger partial charge in [0.05, 0.1) is 0 Å². The van der Waals surface area contributed by atoms with Gasteiger partial charge in [0.15, 0.2) is 5.96 Å². The van der Waals surface area contributed by atoms with Crippen molar-refractivity contribution in [3.63, 3.8) is 0 Å². The number of rotatable bonds is 8. The molecule has 0 unspecified atom stereocenters. The third-order valence-electron chi connectivity index (χ3n) is 2.49. The maximum atomic E-state index is 4.25. The highest BCUT2D eigenvalue weighted by Gasteiger charge is 1.99. The molecule has 0 aliphatic rings. The SMILES string of the molecule is CN=C(NCCCSc1nccs1)NCCC(C)C. The van der Waals surface area contributed by atoms with E-state index in [1.165, 1.54) is 6.42 Å². The third-order valence-corrected chi connectivity index (χ3v) is 4.54. The zero-order chi connectivity index (χ0) is 13.9. The first-order chi connectivity index (χ1) is 9.22. The lowest BCUT2D eigenvalue weighted by molar-refractivity contribution is 0.573. The smallest absolute Gasteiger partial charge is 0.190 e. The lowest BCUT2D eigenvalue weighted by Gasteiger charge is -2.12. The standard InChI is InChI=1S/C13H24N4S2/c1-11(2)5-7-16-12(14-3)15-6-4-9-18-13-17-8-10-19-13/h8,10-11H,4-7,9H2,1-3H3,(H2,14,15,16). The van der Waals surface area contributed by atoms with Crippen LogP contribution in [0.25, 0.3) is 0 Å². The third kappa shape index (κ3) is 8.10. The normalized spacial score (nSPS) is 11.9. The summed E-state index contributed by atoms with van der Waals surface area (Å²) in [5.74, 6) is 2.71. The zero-order valence-electron chi connectivity index (χ0n) is 12.0. The van der Waals surface area contributed by atoms with Gasteiger partial charge in [-0.15, -0.1) is 11.3 Å². The zero-order valence-corrected chi connectivity index (χ0v) is 13.6. The number of thioether (sulfide) groups is 1. The summed E-state index contributed by atoms with van der Waals surface area (Å²) in [6.07, 6.45) is 4.13. The first-order valence-corrected chi connectivity index (χ1v) is 8.55. The minimum absolute atomic E-state index is 0.723. The van der Waals surface area contributed by atoms with Gasteiger partial charge in [-0.2, -0.15) is 0 Å². The van der Waals surface area contributed by atoms with Gasteiger partial charge < -0.3 is 10.6 Å². The largest absolute Gasteiger partial charge is 0.356 e. The molecule has 1 aromatic heterocycles. The van der Waals surface area contributed by atoms with Crippen molar-refractivity contribution in [3.05, 3.63) is 11.6 Å². The Balaban J connectivity index is 2.03. The van der Waals surface area contributed by atoms with Crippen molar-refractivity contribution >= 4 is 29.1 Å². The van der Waals surface area contributed by atoms with Crippen molar-refractivity contribution in [2.75, 3.05) is 25.9 Å². The molecule has 0 bridgehead atoms. The average Bonchev–Trinajstić information content (AvgIpc) is 2.89. The number of nitrogens with one attached hydrogen (secondary N) is 2. The fourth-order valence-corrected chi connectivity index (χ4v) is 3.07. The van der Waals surface area contributed by atoms with Gasteiger partial charge in [0, 0.05) is 37.5 Å². The summed E-state index contributed by atoms with van der Waals surface area (Å²) >= 11 is 3.52. The summed E-state index contributed by atoms with van der Waals surface area (Å²) in [5.41, 5.74) is 0. The number of aromatic nitrogens is 1. The van der Waals surface area contributed by atoms with Crippen LogP contribution in [-0.4, -0.2) is 36.8 Å². The minimum Gasteiger partial charge on any atom is -0.356 e. The number of hydrogen-bond acceptors (Lipinski definition) is 4. The van der Waals surface area contributed by atoms with Crippen LogP contribution in [0.3, 0.4) is 0 Å². The Morgan fingerprint density at radius 2 is 2.21 bits per heavy atom. The van der Waals surface area contributed by atoms with E-state index in [1.54, 1.807) is 11.3 Å². The second kappa shape index (κ2) is 10.1. The molecule has 0 saturated heterocycles. The highest BCUT2D eigenvalue weighted by molar-refractivity contribution is 8.00. The molecule has 0 fully saturated rings. The Morgan fingerprint density at radius 1 is 1.42 bits per heavy atom. The molecule has 1 heterocycles. The van der Waals surface area contributed by atoms with Crippen molar-refractivity contribution in [1.29, 1.82) is 0 Å². The summed E-state index contributed by atoms with van der Waals surface area (Å²) in [4.78, 5) is 8.46. The number of nitrogens with zero attached hydrogens (tertiary/aromatic N) is 2. The predicted octanol–water partition coefficient (Wildman–Crippen LogP) is 2.84. The van der Waals surface area contributed by atoms with Crippen LogP contribution in [0.2, 0.25) is 0 Å². The van der Waals surface area contributed by atoms with Crippen molar-refractivity contribution in [2.24, 2.45) is 10.9 Å². The Labute approximate surface area is 124 Å². The van der Waals surface area contributed by atoms with Gasteiger partial charge in [-0.25, -0.2) is 4.98 Å². The highest BCUT2D eigenvalue weighted by atomic mass is 32.2. The molecule has 0 aliphatic heterocycles. The van der Waals surface area contributed by atoms with Crippen LogP contribution in [0.4, 0.5) is 0 Å². The molecule has 0 spiro atoms. The van der Waals surface area contributed by atoms with Gasteiger partial charge in [-0.05, 0) is 18.8 Å². The molecular weight excluding hydrogens is 276 g/mol. The van der Waals surface area contributed by atoms with Crippen LogP contribution in [-0.2, 0) is 0 Å². The van der Waals surface area contributed by atoms with Crippen LogP contribution in [0.15, 0.2) is 20.9 Å². The second-order valence-electron chi connectivity index (χ2n) is 4.61. The van der Waals surface area contributed by atoms with E-state index >= 15 is 0 Å². The van der Waals surface area contributed by atoms with E-state index in [2.05, 4.69) is 34.5 Å². The number of aliphatic imine (C=N–C) groups is 1. The second-order valence-corrected chi connectivity index (χ2v) is 6.84. The molecule has 6 heteroatoms. The summed E-state index contributed by atoms with van der Waals surface area (Å²) in [6, 6.07) is 0. The van der Waals surface area contributed by atoms with E-state index in [1.807, 2.05) is 30.4 Å². The lowest BCUT2D eigenvalue weighted by Crippen LogP contribution is -2.38. The van der Waals surface area contributed by atoms with Gasteiger partial charge in [-0.3, -0.25) is 4.99 Å². The molecular formula is C13H24N4S2. The molecule has 0 amide bonds. The van der Waals surface area contributed by atoms with Crippen molar-refractivity contribution in [2.45, 2.75) is 31.0 Å². The number of thiazole rings is 1. The van der Waals surface area contributed by atoms with E-state index < -0.39 is 0 Å². The predicted molar refractivity (Wildman–Crippen MR) is 86.3 cm³/mol. The number of guanidine groups is 1. The topological polar surface area (TPSA) is 49.3 Å². The molecule has 108 valence electrons. The van der Waals surface area contributed by atoms with Gasteiger partial charge in [0.2, 0.25) is 0 Å². The fraction of sp³-hybridized carbons (Fsp3) is 0.692. The molecule has 1 rings (SSSR count). The lowest BCUT2D eigenvalue weighted by atomic mass is 10.1.